The number of halogens is 1. The molecule has 0 aliphatic carbocycles. The van der Waals surface area contributed by atoms with Gasteiger partial charge in [-0.25, -0.2) is 4.79 Å². The van der Waals surface area contributed by atoms with E-state index in [1.807, 2.05) is 43.9 Å². The van der Waals surface area contributed by atoms with Crippen LogP contribution in [0.1, 0.15) is 45.6 Å². The van der Waals surface area contributed by atoms with E-state index in [-0.39, 0.29) is 42.0 Å². The zero-order valence-corrected chi connectivity index (χ0v) is 21.8. The summed E-state index contributed by atoms with van der Waals surface area (Å²) < 4.78 is 5.34. The number of alkyl carbamates (subject to hydrolysis) is 1. The van der Waals surface area contributed by atoms with Crippen molar-refractivity contribution in [3.8, 4) is 0 Å². The number of anilines is 1. The molecule has 178 valence electrons. The Balaban J connectivity index is 0.00000363. The first-order valence-corrected chi connectivity index (χ1v) is 11.1. The predicted octanol–water partition coefficient (Wildman–Crippen LogP) is 3.15. The second-order valence-electron chi connectivity index (χ2n) is 9.08. The van der Waals surface area contributed by atoms with E-state index >= 15 is 0 Å². The van der Waals surface area contributed by atoms with E-state index in [2.05, 4.69) is 26.6 Å². The third kappa shape index (κ3) is 7.25. The zero-order valence-electron chi connectivity index (χ0n) is 19.5. The van der Waals surface area contributed by atoms with Gasteiger partial charge in [-0.2, -0.15) is 0 Å². The summed E-state index contributed by atoms with van der Waals surface area (Å²) >= 11 is 0. The van der Waals surface area contributed by atoms with Gasteiger partial charge in [0.1, 0.15) is 5.60 Å². The number of rotatable bonds is 5. The van der Waals surface area contributed by atoms with Gasteiger partial charge >= 0.3 is 6.09 Å². The highest BCUT2D eigenvalue weighted by Crippen LogP contribution is 2.28. The van der Waals surface area contributed by atoms with Gasteiger partial charge < -0.3 is 25.2 Å². The van der Waals surface area contributed by atoms with Crippen molar-refractivity contribution in [3.63, 3.8) is 0 Å². The van der Waals surface area contributed by atoms with E-state index in [1.165, 1.54) is 5.56 Å². The number of fused-ring (bicyclic) bond motifs is 1. The zero-order chi connectivity index (χ0) is 22.4. The maximum Gasteiger partial charge on any atom is 0.407 e. The highest BCUT2D eigenvalue weighted by Gasteiger charge is 2.28. The first-order valence-electron chi connectivity index (χ1n) is 11.1. The largest absolute Gasteiger partial charge is 0.444 e. The van der Waals surface area contributed by atoms with Crippen molar-refractivity contribution in [3.05, 3.63) is 29.8 Å². The fourth-order valence-corrected chi connectivity index (χ4v) is 4.05. The number of likely N-dealkylation sites (tertiary alicyclic amines) is 1. The molecule has 9 heteroatoms. The number of hydrogen-bond acceptors (Lipinski definition) is 4. The monoisotopic (exact) mass is 557 g/mol. The summed E-state index contributed by atoms with van der Waals surface area (Å²) in [5.41, 5.74) is 1.80. The van der Waals surface area contributed by atoms with Crippen LogP contribution in [0, 0.1) is 0 Å². The summed E-state index contributed by atoms with van der Waals surface area (Å²) in [7, 11) is 1.75. The number of guanidine groups is 1. The highest BCUT2D eigenvalue weighted by molar-refractivity contribution is 14.0. The molecule has 1 unspecified atom stereocenters. The van der Waals surface area contributed by atoms with Crippen LogP contribution in [0.25, 0.3) is 0 Å². The average Bonchev–Trinajstić information content (AvgIpc) is 3.33. The normalized spacial score (nSPS) is 18.1. The minimum absolute atomic E-state index is 0. The minimum Gasteiger partial charge on any atom is -0.444 e. The molecule has 0 aromatic heterocycles. The van der Waals surface area contributed by atoms with E-state index in [4.69, 9.17) is 4.74 Å². The molecule has 2 amide bonds. The van der Waals surface area contributed by atoms with Gasteiger partial charge in [0.2, 0.25) is 5.91 Å². The Morgan fingerprint density at radius 2 is 1.97 bits per heavy atom. The van der Waals surface area contributed by atoms with Gasteiger partial charge in [0.25, 0.3) is 0 Å². The predicted molar refractivity (Wildman–Crippen MR) is 138 cm³/mol. The van der Waals surface area contributed by atoms with Gasteiger partial charge in [-0.05, 0) is 51.7 Å². The van der Waals surface area contributed by atoms with Crippen molar-refractivity contribution >= 4 is 47.6 Å². The SMILES string of the molecule is CN=C(NCCCC(=O)N1CCc2ccccc21)N1CCC(NC(=O)OC(C)(C)C)C1.I. The maximum absolute atomic E-state index is 12.6. The molecule has 1 saturated heterocycles. The summed E-state index contributed by atoms with van der Waals surface area (Å²) in [6.45, 7) is 8.50. The summed E-state index contributed by atoms with van der Waals surface area (Å²) in [6, 6.07) is 8.15. The Labute approximate surface area is 208 Å². The highest BCUT2D eigenvalue weighted by atomic mass is 127. The van der Waals surface area contributed by atoms with Crippen molar-refractivity contribution in [2.24, 2.45) is 4.99 Å². The number of amides is 2. The number of aliphatic imine (C=N–C) groups is 1. The summed E-state index contributed by atoms with van der Waals surface area (Å²) in [5.74, 6) is 0.969. The molecule has 1 fully saturated rings. The molecule has 2 N–H and O–H groups in total. The summed E-state index contributed by atoms with van der Waals surface area (Å²) in [4.78, 5) is 33.0. The molecule has 1 aromatic rings. The lowest BCUT2D eigenvalue weighted by Crippen LogP contribution is -2.44. The first-order chi connectivity index (χ1) is 14.8. The fourth-order valence-electron chi connectivity index (χ4n) is 4.05. The molecule has 0 radical (unpaired) electrons. The second-order valence-corrected chi connectivity index (χ2v) is 9.08. The molecule has 2 aliphatic heterocycles. The Bertz CT molecular complexity index is 824. The van der Waals surface area contributed by atoms with Crippen LogP contribution in [0.4, 0.5) is 10.5 Å². The van der Waals surface area contributed by atoms with Crippen LogP contribution in [-0.4, -0.2) is 67.7 Å². The number of para-hydroxylation sites is 1. The van der Waals surface area contributed by atoms with E-state index in [0.717, 1.165) is 44.0 Å². The van der Waals surface area contributed by atoms with Gasteiger partial charge in [-0.1, -0.05) is 18.2 Å². The Morgan fingerprint density at radius 3 is 2.69 bits per heavy atom. The molecular weight excluding hydrogens is 521 g/mol. The molecule has 8 nitrogen and oxygen atoms in total. The van der Waals surface area contributed by atoms with Crippen LogP contribution >= 0.6 is 24.0 Å². The number of nitrogens with zero attached hydrogens (tertiary/aromatic N) is 3. The number of carbonyl (C=O) groups is 2. The maximum atomic E-state index is 12.6. The molecule has 3 rings (SSSR count). The van der Waals surface area contributed by atoms with Crippen molar-refractivity contribution in [2.45, 2.75) is 58.1 Å². The third-order valence-corrected chi connectivity index (χ3v) is 5.46. The van der Waals surface area contributed by atoms with E-state index in [9.17, 15) is 9.59 Å². The molecule has 1 aromatic carbocycles. The summed E-state index contributed by atoms with van der Waals surface area (Å²) in [6.07, 6.45) is 2.63. The Morgan fingerprint density at radius 1 is 1.22 bits per heavy atom. The van der Waals surface area contributed by atoms with Crippen LogP contribution in [0.5, 0.6) is 0 Å². The van der Waals surface area contributed by atoms with Crippen LogP contribution in [0.3, 0.4) is 0 Å². The van der Waals surface area contributed by atoms with Crippen LogP contribution in [0.15, 0.2) is 29.3 Å². The molecule has 0 saturated carbocycles. The third-order valence-electron chi connectivity index (χ3n) is 5.46. The van der Waals surface area contributed by atoms with Crippen molar-refractivity contribution in [1.82, 2.24) is 15.5 Å². The lowest BCUT2D eigenvalue weighted by atomic mass is 10.2. The number of benzene rings is 1. The van der Waals surface area contributed by atoms with Crippen LogP contribution in [0.2, 0.25) is 0 Å². The quantitative estimate of drug-likeness (QED) is 0.252. The van der Waals surface area contributed by atoms with Crippen LogP contribution < -0.4 is 15.5 Å². The van der Waals surface area contributed by atoms with Crippen molar-refractivity contribution < 1.29 is 14.3 Å². The topological polar surface area (TPSA) is 86.3 Å². The molecule has 0 bridgehead atoms. The number of nitrogens with one attached hydrogen (secondary N) is 2. The lowest BCUT2D eigenvalue weighted by molar-refractivity contribution is -0.118. The van der Waals surface area contributed by atoms with Gasteiger partial charge in [-0.15, -0.1) is 24.0 Å². The first kappa shape index (κ1) is 26.2. The molecule has 0 spiro atoms. The van der Waals surface area contributed by atoms with E-state index in [0.29, 0.717) is 19.5 Å². The Hall–Kier alpha value is -2.04. The van der Waals surface area contributed by atoms with E-state index < -0.39 is 5.60 Å². The standard InChI is InChI=1S/C23H35N5O3.HI/c1-23(2,3)31-22(30)26-18-12-14-27(16-18)21(24-4)25-13-7-10-20(29)28-15-11-17-8-5-6-9-19(17)28;/h5-6,8-9,18H,7,10-16H2,1-4H3,(H,24,25)(H,26,30);1H. The van der Waals surface area contributed by atoms with Gasteiger partial charge in [0.05, 0.1) is 6.04 Å². The van der Waals surface area contributed by atoms with Gasteiger partial charge in [0.15, 0.2) is 5.96 Å². The Kier molecular flexibility index (Phi) is 9.60. The van der Waals surface area contributed by atoms with Crippen LogP contribution in [-0.2, 0) is 16.0 Å². The molecule has 2 heterocycles. The number of carbonyl (C=O) groups excluding carboxylic acids is 2. The molecule has 32 heavy (non-hydrogen) atoms. The molecule has 2 aliphatic rings. The summed E-state index contributed by atoms with van der Waals surface area (Å²) in [5, 5.41) is 6.28. The molecule has 1 atom stereocenters. The fraction of sp³-hybridized carbons (Fsp3) is 0.609. The average molecular weight is 557 g/mol. The van der Waals surface area contributed by atoms with E-state index in [1.54, 1.807) is 7.05 Å². The molecular formula is C23H36IN5O3. The van der Waals surface area contributed by atoms with Crippen molar-refractivity contribution in [1.29, 1.82) is 0 Å². The lowest BCUT2D eigenvalue weighted by Gasteiger charge is -2.23. The smallest absolute Gasteiger partial charge is 0.407 e. The van der Waals surface area contributed by atoms with Crippen molar-refractivity contribution in [2.75, 3.05) is 38.1 Å². The number of hydrogen-bond donors (Lipinski definition) is 2. The second kappa shape index (κ2) is 11.7. The number of ether oxygens (including phenoxy) is 1. The van der Waals surface area contributed by atoms with Gasteiger partial charge in [-0.3, -0.25) is 9.79 Å². The van der Waals surface area contributed by atoms with Gasteiger partial charge in [0, 0.05) is 45.3 Å². The minimum atomic E-state index is -0.505.